The van der Waals surface area contributed by atoms with Gasteiger partial charge in [0.15, 0.2) is 0 Å². The van der Waals surface area contributed by atoms with E-state index in [0.717, 1.165) is 0 Å². The highest BCUT2D eigenvalue weighted by Crippen LogP contribution is 2.12. The van der Waals surface area contributed by atoms with Crippen LogP contribution in [0, 0.1) is 0 Å². The molecular formula is C8H19N2O3S+. The van der Waals surface area contributed by atoms with Gasteiger partial charge in [0, 0.05) is 6.92 Å². The Kier molecular flexibility index (Phi) is 4.54. The lowest BCUT2D eigenvalue weighted by atomic mass is 10.5. The fourth-order valence-electron chi connectivity index (χ4n) is 1.46. The molecule has 0 bridgehead atoms. The lowest BCUT2D eigenvalue weighted by Crippen LogP contribution is -2.57. The molecule has 0 atom stereocenters. The molecule has 14 heavy (non-hydrogen) atoms. The molecule has 0 fully saturated rings. The third-order valence-electron chi connectivity index (χ3n) is 2.51. The summed E-state index contributed by atoms with van der Waals surface area (Å²) in [6.45, 7) is 7.96. The van der Waals surface area contributed by atoms with Crippen LogP contribution in [0.5, 0.6) is 0 Å². The average Bonchev–Trinajstić information content (AvgIpc) is 2.05. The van der Waals surface area contributed by atoms with Crippen molar-refractivity contribution in [2.45, 2.75) is 27.7 Å². The first kappa shape index (κ1) is 13.4. The second-order valence-corrected chi connectivity index (χ2v) is 5.07. The molecule has 1 N–H and O–H groups in total. The molecular weight excluding hydrogens is 204 g/mol. The minimum Gasteiger partial charge on any atom is -0.274 e. The van der Waals surface area contributed by atoms with Gasteiger partial charge in [0.1, 0.15) is 0 Å². The van der Waals surface area contributed by atoms with Gasteiger partial charge in [-0.3, -0.25) is 4.79 Å². The van der Waals surface area contributed by atoms with Crippen molar-refractivity contribution >= 4 is 16.1 Å². The zero-order valence-corrected chi connectivity index (χ0v) is 10.0. The van der Waals surface area contributed by atoms with Gasteiger partial charge in [-0.25, -0.2) is 8.61 Å². The van der Waals surface area contributed by atoms with Crippen LogP contribution in [0.15, 0.2) is 0 Å². The number of nitrogens with one attached hydrogen (secondary N) is 1. The van der Waals surface area contributed by atoms with E-state index < -0.39 is 16.1 Å². The van der Waals surface area contributed by atoms with Gasteiger partial charge in [0.05, 0.1) is 19.6 Å². The molecule has 0 aliphatic heterocycles. The fraction of sp³-hybridized carbons (Fsp3) is 0.875. The van der Waals surface area contributed by atoms with Crippen LogP contribution in [-0.2, 0) is 15.0 Å². The van der Waals surface area contributed by atoms with Crippen LogP contribution < -0.4 is 4.72 Å². The van der Waals surface area contributed by atoms with Gasteiger partial charge in [-0.15, -0.1) is 0 Å². The van der Waals surface area contributed by atoms with Crippen LogP contribution in [0.1, 0.15) is 27.7 Å². The van der Waals surface area contributed by atoms with Gasteiger partial charge in [-0.05, 0) is 20.8 Å². The average molecular weight is 223 g/mol. The summed E-state index contributed by atoms with van der Waals surface area (Å²) < 4.78 is 25.5. The number of hydrogen-bond donors (Lipinski definition) is 1. The van der Waals surface area contributed by atoms with E-state index in [1.54, 1.807) is 20.8 Å². The standard InChI is InChI=1S/C8H18N2O3S/c1-5-10(6-2,7-3)14(12,13)9-8(4)11/h5-7H2,1-4H3/p+1. The predicted molar refractivity (Wildman–Crippen MR) is 54.6 cm³/mol. The zero-order chi connectivity index (χ0) is 11.4. The van der Waals surface area contributed by atoms with Crippen molar-refractivity contribution in [1.29, 1.82) is 0 Å². The molecule has 0 aliphatic carbocycles. The first-order valence-electron chi connectivity index (χ1n) is 4.74. The molecule has 0 aromatic heterocycles. The van der Waals surface area contributed by atoms with Gasteiger partial charge in [0.2, 0.25) is 5.91 Å². The third kappa shape index (κ3) is 2.45. The van der Waals surface area contributed by atoms with E-state index in [1.807, 2.05) is 4.72 Å². The quantitative estimate of drug-likeness (QED) is 0.679. The second kappa shape index (κ2) is 4.75. The normalized spacial score (nSPS) is 12.6. The number of nitrogens with zero attached hydrogens (tertiary/aromatic N) is 1. The monoisotopic (exact) mass is 223 g/mol. The lowest BCUT2D eigenvalue weighted by Gasteiger charge is -2.32. The van der Waals surface area contributed by atoms with Crippen molar-refractivity contribution in [2.75, 3.05) is 19.6 Å². The molecule has 0 saturated carbocycles. The molecule has 0 saturated heterocycles. The van der Waals surface area contributed by atoms with Crippen LogP contribution in [0.2, 0.25) is 0 Å². The summed E-state index contributed by atoms with van der Waals surface area (Å²) in [6.07, 6.45) is 0. The number of amides is 1. The smallest absolute Gasteiger partial charge is 0.274 e. The maximum Gasteiger partial charge on any atom is 0.396 e. The summed E-state index contributed by atoms with van der Waals surface area (Å²) in [6, 6.07) is 0. The van der Waals surface area contributed by atoms with Crippen LogP contribution in [-0.4, -0.2) is 37.8 Å². The van der Waals surface area contributed by atoms with Crippen molar-refractivity contribution in [3.63, 3.8) is 0 Å². The Morgan fingerprint density at radius 2 is 1.50 bits per heavy atom. The van der Waals surface area contributed by atoms with Crippen molar-refractivity contribution < 1.29 is 17.1 Å². The Labute approximate surface area is 85.9 Å². The molecule has 0 rings (SSSR count). The van der Waals surface area contributed by atoms with Crippen molar-refractivity contribution in [2.24, 2.45) is 0 Å². The summed E-state index contributed by atoms with van der Waals surface area (Å²) in [5.74, 6) is -0.539. The minimum absolute atomic E-state index is 0.105. The molecule has 0 unspecified atom stereocenters. The highest BCUT2D eigenvalue weighted by Gasteiger charge is 2.37. The van der Waals surface area contributed by atoms with Gasteiger partial charge >= 0.3 is 10.2 Å². The zero-order valence-electron chi connectivity index (χ0n) is 9.20. The highest BCUT2D eigenvalue weighted by atomic mass is 32.2. The predicted octanol–water partition coefficient (Wildman–Crippen LogP) is 0.244. The fourth-order valence-corrected chi connectivity index (χ4v) is 3.04. The van der Waals surface area contributed by atoms with Gasteiger partial charge in [-0.2, -0.15) is 8.42 Å². The van der Waals surface area contributed by atoms with E-state index >= 15 is 0 Å². The summed E-state index contributed by atoms with van der Waals surface area (Å²) in [5, 5.41) is 0. The molecule has 5 nitrogen and oxygen atoms in total. The first-order valence-corrected chi connectivity index (χ1v) is 6.18. The maximum absolute atomic E-state index is 11.8. The Balaban J connectivity index is 5.10. The number of rotatable bonds is 5. The SMILES string of the molecule is CC[N+](CC)(CC)S(=O)(=O)NC(C)=O. The molecule has 0 aromatic carbocycles. The summed E-state index contributed by atoms with van der Waals surface area (Å²) in [5.41, 5.74) is 0. The van der Waals surface area contributed by atoms with Crippen LogP contribution >= 0.6 is 0 Å². The van der Waals surface area contributed by atoms with Crippen LogP contribution in [0.25, 0.3) is 0 Å². The van der Waals surface area contributed by atoms with Gasteiger partial charge in [-0.1, -0.05) is 0 Å². The largest absolute Gasteiger partial charge is 0.396 e. The van der Waals surface area contributed by atoms with E-state index in [2.05, 4.69) is 0 Å². The Morgan fingerprint density at radius 1 is 1.14 bits per heavy atom. The molecule has 6 heteroatoms. The van der Waals surface area contributed by atoms with Gasteiger partial charge < -0.3 is 0 Å². The summed E-state index contributed by atoms with van der Waals surface area (Å²) in [4.78, 5) is 10.8. The molecule has 0 radical (unpaired) electrons. The Bertz CT molecular complexity index is 285. The van der Waals surface area contributed by atoms with Crippen molar-refractivity contribution in [3.05, 3.63) is 0 Å². The maximum atomic E-state index is 11.8. The van der Waals surface area contributed by atoms with E-state index in [0.29, 0.717) is 19.6 Å². The minimum atomic E-state index is -3.60. The summed E-state index contributed by atoms with van der Waals surface area (Å²) in [7, 11) is -3.60. The van der Waals surface area contributed by atoms with Crippen molar-refractivity contribution in [1.82, 2.24) is 4.72 Å². The van der Waals surface area contributed by atoms with Crippen LogP contribution in [0.3, 0.4) is 0 Å². The summed E-state index contributed by atoms with van der Waals surface area (Å²) >= 11 is 0. The number of quaternary nitrogens is 1. The van der Waals surface area contributed by atoms with E-state index in [-0.39, 0.29) is 3.89 Å². The van der Waals surface area contributed by atoms with E-state index in [1.165, 1.54) is 6.92 Å². The number of carbonyl (C=O) groups excluding carboxylic acids is 1. The lowest BCUT2D eigenvalue weighted by molar-refractivity contribution is -0.801. The van der Waals surface area contributed by atoms with Crippen LogP contribution in [0.4, 0.5) is 0 Å². The first-order chi connectivity index (χ1) is 6.35. The molecule has 0 heterocycles. The Hall–Kier alpha value is -0.620. The number of hydrogen-bond acceptors (Lipinski definition) is 3. The second-order valence-electron chi connectivity index (χ2n) is 3.14. The van der Waals surface area contributed by atoms with Crippen molar-refractivity contribution in [3.8, 4) is 0 Å². The number of carbonyl (C=O) groups is 1. The van der Waals surface area contributed by atoms with E-state index in [9.17, 15) is 13.2 Å². The van der Waals surface area contributed by atoms with E-state index in [4.69, 9.17) is 0 Å². The molecule has 1 amide bonds. The molecule has 84 valence electrons. The van der Waals surface area contributed by atoms with Gasteiger partial charge in [0.25, 0.3) is 0 Å². The molecule has 0 aromatic rings. The topological polar surface area (TPSA) is 63.2 Å². The molecule has 0 aliphatic rings. The highest BCUT2D eigenvalue weighted by molar-refractivity contribution is 7.84. The third-order valence-corrected chi connectivity index (χ3v) is 4.85. The Morgan fingerprint density at radius 3 is 1.71 bits per heavy atom. The molecule has 0 spiro atoms.